The molecule has 0 aliphatic carbocycles. The number of carbonyl (C=O) groups is 1. The van der Waals surface area contributed by atoms with Crippen molar-refractivity contribution in [3.05, 3.63) is 24.3 Å². The maximum Gasteiger partial charge on any atom is 0.316 e. The van der Waals surface area contributed by atoms with Crippen LogP contribution in [0, 0.1) is 0 Å². The van der Waals surface area contributed by atoms with Crippen LogP contribution < -0.4 is 4.57 Å². The molecule has 20 heavy (non-hydrogen) atoms. The third kappa shape index (κ3) is 4.20. The van der Waals surface area contributed by atoms with Crippen molar-refractivity contribution in [3.8, 4) is 0 Å². The number of para-hydroxylation sites is 1. The van der Waals surface area contributed by atoms with Crippen LogP contribution in [0.5, 0.6) is 0 Å². The van der Waals surface area contributed by atoms with Gasteiger partial charge in [-0.2, -0.15) is 4.57 Å². The van der Waals surface area contributed by atoms with Gasteiger partial charge in [-0.1, -0.05) is 23.5 Å². The fraction of sp³-hybridized carbons (Fsp3) is 0.429. The average Bonchev–Trinajstić information content (AvgIpc) is 2.73. The molecule has 6 heteroatoms. The smallest absolute Gasteiger partial charge is 0.316 e. The molecule has 0 aliphatic rings. The summed E-state index contributed by atoms with van der Waals surface area (Å²) in [5, 5.41) is 0. The Morgan fingerprint density at radius 3 is 2.75 bits per heavy atom. The minimum atomic E-state index is -0.153. The Morgan fingerprint density at radius 2 is 2.10 bits per heavy atom. The molecule has 2 aromatic rings. The van der Waals surface area contributed by atoms with Gasteiger partial charge in [-0.05, 0) is 38.6 Å². The van der Waals surface area contributed by atoms with E-state index in [0.29, 0.717) is 5.75 Å². The van der Waals surface area contributed by atoms with Crippen LogP contribution in [-0.4, -0.2) is 17.8 Å². The maximum absolute atomic E-state index is 11.6. The molecular formula is C14H19BrNO2S2+. The fourth-order valence-corrected chi connectivity index (χ4v) is 4.17. The molecule has 0 fully saturated rings. The number of thiazole rings is 1. The zero-order chi connectivity index (χ0) is 13.8. The minimum absolute atomic E-state index is 0. The first kappa shape index (κ1) is 17.5. The number of thioether (sulfide) groups is 1. The highest BCUT2D eigenvalue weighted by Gasteiger charge is 2.20. The van der Waals surface area contributed by atoms with E-state index in [-0.39, 0.29) is 29.1 Å². The number of aryl methyl sites for hydroxylation is 1. The van der Waals surface area contributed by atoms with Crippen molar-refractivity contribution in [1.82, 2.24) is 0 Å². The fourth-order valence-electron chi connectivity index (χ4n) is 1.84. The molecule has 1 aromatic heterocycles. The Bertz CT molecular complexity index is 584. The second kappa shape index (κ2) is 8.00. The van der Waals surface area contributed by atoms with E-state index in [4.69, 9.17) is 4.74 Å². The van der Waals surface area contributed by atoms with Gasteiger partial charge in [-0.15, -0.1) is 17.0 Å². The Labute approximate surface area is 138 Å². The van der Waals surface area contributed by atoms with Gasteiger partial charge in [0.05, 0.1) is 6.10 Å². The average molecular weight is 377 g/mol. The monoisotopic (exact) mass is 376 g/mol. The van der Waals surface area contributed by atoms with Crippen molar-refractivity contribution in [2.45, 2.75) is 37.8 Å². The van der Waals surface area contributed by atoms with E-state index in [1.54, 1.807) is 23.1 Å². The number of ether oxygens (including phenoxy) is 1. The number of hydrogen-bond acceptors (Lipinski definition) is 4. The molecule has 0 saturated carbocycles. The summed E-state index contributed by atoms with van der Waals surface area (Å²) < 4.78 is 9.81. The number of benzene rings is 1. The van der Waals surface area contributed by atoms with Gasteiger partial charge < -0.3 is 4.74 Å². The van der Waals surface area contributed by atoms with Gasteiger partial charge in [0.25, 0.3) is 4.34 Å². The summed E-state index contributed by atoms with van der Waals surface area (Å²) in [5.41, 5.74) is 1.23. The van der Waals surface area contributed by atoms with Crippen LogP contribution in [0.15, 0.2) is 28.6 Å². The Hall–Kier alpha value is -0.590. The number of aromatic nitrogens is 1. The largest absolute Gasteiger partial charge is 0.462 e. The standard InChI is InChI=1S/C14H18NO2S2.BrH/c1-4-15-11-7-5-6-8-12(11)19-14(15)18-9-13(16)17-10(2)3;/h5-8,10H,4,9H2,1-3H3;1H/q+1;. The van der Waals surface area contributed by atoms with E-state index < -0.39 is 0 Å². The second-order valence-corrected chi connectivity index (χ2v) is 6.66. The van der Waals surface area contributed by atoms with Crippen molar-refractivity contribution >= 4 is 56.3 Å². The van der Waals surface area contributed by atoms with Gasteiger partial charge in [0.1, 0.15) is 17.0 Å². The van der Waals surface area contributed by atoms with E-state index in [9.17, 15) is 4.79 Å². The SMILES string of the molecule is Br.CC[n+]1c(SCC(=O)OC(C)C)sc2ccccc21. The summed E-state index contributed by atoms with van der Waals surface area (Å²) in [6.45, 7) is 6.77. The summed E-state index contributed by atoms with van der Waals surface area (Å²) in [6, 6.07) is 8.32. The van der Waals surface area contributed by atoms with Crippen LogP contribution in [0.2, 0.25) is 0 Å². The number of fused-ring (bicyclic) bond motifs is 1. The highest BCUT2D eigenvalue weighted by molar-refractivity contribution is 8.93. The van der Waals surface area contributed by atoms with Crippen LogP contribution >= 0.6 is 40.1 Å². The first-order chi connectivity index (χ1) is 9.11. The minimum Gasteiger partial charge on any atom is -0.462 e. The summed E-state index contributed by atoms with van der Waals surface area (Å²) in [7, 11) is 0. The Balaban J connectivity index is 0.00000200. The van der Waals surface area contributed by atoms with Gasteiger partial charge in [-0.3, -0.25) is 4.79 Å². The Kier molecular flexibility index (Phi) is 6.99. The highest BCUT2D eigenvalue weighted by atomic mass is 79.9. The van der Waals surface area contributed by atoms with E-state index in [1.165, 1.54) is 10.2 Å². The number of halogens is 1. The zero-order valence-electron chi connectivity index (χ0n) is 11.8. The van der Waals surface area contributed by atoms with E-state index in [0.717, 1.165) is 10.9 Å². The third-order valence-corrected chi connectivity index (χ3v) is 4.98. The summed E-state index contributed by atoms with van der Waals surface area (Å²) in [6.07, 6.45) is -0.0474. The van der Waals surface area contributed by atoms with Crippen LogP contribution in [0.3, 0.4) is 0 Å². The molecule has 0 aliphatic heterocycles. The number of nitrogens with zero attached hydrogens (tertiary/aromatic N) is 1. The lowest BCUT2D eigenvalue weighted by molar-refractivity contribution is -0.698. The predicted octanol–water partition coefficient (Wildman–Crippen LogP) is 3.83. The maximum atomic E-state index is 11.6. The summed E-state index contributed by atoms with van der Waals surface area (Å²) >= 11 is 3.28. The first-order valence-electron chi connectivity index (χ1n) is 6.35. The molecular weight excluding hydrogens is 358 g/mol. The lowest BCUT2D eigenvalue weighted by Gasteiger charge is -2.05. The van der Waals surface area contributed by atoms with Gasteiger partial charge >= 0.3 is 5.97 Å². The highest BCUT2D eigenvalue weighted by Crippen LogP contribution is 2.27. The molecule has 3 nitrogen and oxygen atoms in total. The number of carbonyl (C=O) groups excluding carboxylic acids is 1. The quantitative estimate of drug-likeness (QED) is 0.451. The number of hydrogen-bond donors (Lipinski definition) is 0. The second-order valence-electron chi connectivity index (χ2n) is 4.41. The van der Waals surface area contributed by atoms with Gasteiger partial charge in [-0.25, -0.2) is 0 Å². The summed E-state index contributed by atoms with van der Waals surface area (Å²) in [4.78, 5) is 11.6. The van der Waals surface area contributed by atoms with Crippen LogP contribution in [0.1, 0.15) is 20.8 Å². The van der Waals surface area contributed by atoms with Gasteiger partial charge in [0.15, 0.2) is 0 Å². The summed E-state index contributed by atoms with van der Waals surface area (Å²) in [5.74, 6) is 0.213. The number of esters is 1. The molecule has 1 aromatic carbocycles. The van der Waals surface area contributed by atoms with Crippen molar-refractivity contribution in [2.75, 3.05) is 5.75 Å². The molecule has 2 rings (SSSR count). The van der Waals surface area contributed by atoms with E-state index >= 15 is 0 Å². The normalized spacial score (nSPS) is 10.6. The van der Waals surface area contributed by atoms with Crippen molar-refractivity contribution in [3.63, 3.8) is 0 Å². The third-order valence-electron chi connectivity index (χ3n) is 2.57. The predicted molar refractivity (Wildman–Crippen MR) is 90.0 cm³/mol. The topological polar surface area (TPSA) is 30.2 Å². The first-order valence-corrected chi connectivity index (χ1v) is 8.15. The molecule has 1 heterocycles. The molecule has 0 radical (unpaired) electrons. The molecule has 110 valence electrons. The van der Waals surface area contributed by atoms with Crippen molar-refractivity contribution in [2.24, 2.45) is 0 Å². The van der Waals surface area contributed by atoms with Crippen LogP contribution in [0.25, 0.3) is 10.2 Å². The van der Waals surface area contributed by atoms with Crippen molar-refractivity contribution in [1.29, 1.82) is 0 Å². The van der Waals surface area contributed by atoms with Gasteiger partial charge in [0, 0.05) is 6.07 Å². The molecule has 0 bridgehead atoms. The number of rotatable bonds is 5. The molecule has 0 atom stereocenters. The van der Waals surface area contributed by atoms with Crippen LogP contribution in [-0.2, 0) is 16.1 Å². The molecule has 0 spiro atoms. The van der Waals surface area contributed by atoms with Crippen molar-refractivity contribution < 1.29 is 14.1 Å². The molecule has 0 N–H and O–H groups in total. The lowest BCUT2D eigenvalue weighted by Crippen LogP contribution is -2.33. The zero-order valence-corrected chi connectivity index (χ0v) is 15.1. The van der Waals surface area contributed by atoms with E-state index in [1.807, 2.05) is 26.0 Å². The van der Waals surface area contributed by atoms with E-state index in [2.05, 4.69) is 23.6 Å². The molecule has 0 amide bonds. The Morgan fingerprint density at radius 1 is 1.40 bits per heavy atom. The van der Waals surface area contributed by atoms with Crippen LogP contribution in [0.4, 0.5) is 0 Å². The lowest BCUT2D eigenvalue weighted by atomic mass is 10.3. The molecule has 0 saturated heterocycles. The molecule has 0 unspecified atom stereocenters. The van der Waals surface area contributed by atoms with Gasteiger partial charge in [0.2, 0.25) is 5.52 Å².